The van der Waals surface area contributed by atoms with Crippen molar-refractivity contribution in [1.29, 1.82) is 0 Å². The van der Waals surface area contributed by atoms with Crippen LogP contribution in [0.4, 0.5) is 15.8 Å². The molecule has 15 heavy (non-hydrogen) atoms. The zero-order valence-electron chi connectivity index (χ0n) is 8.96. The molecule has 0 saturated heterocycles. The number of nitrogens with two attached hydrogens (primary N) is 1. The molecule has 1 atom stereocenters. The lowest BCUT2D eigenvalue weighted by molar-refractivity contribution is 0.624. The van der Waals surface area contributed by atoms with E-state index < -0.39 is 0 Å². The van der Waals surface area contributed by atoms with E-state index in [1.165, 1.54) is 25.0 Å². The van der Waals surface area contributed by atoms with Crippen LogP contribution in [-0.4, -0.2) is 6.04 Å². The van der Waals surface area contributed by atoms with Gasteiger partial charge >= 0.3 is 0 Å². The standard InChI is InChI=1S/C12H17FN2/c1-8(4-9-2-3-9)15-12-6-10(13)5-11(14)7-12/h5-9,15H,2-4,14H2,1H3. The van der Waals surface area contributed by atoms with Gasteiger partial charge in [0.05, 0.1) is 0 Å². The summed E-state index contributed by atoms with van der Waals surface area (Å²) in [5, 5.41) is 3.27. The fraction of sp³-hybridized carbons (Fsp3) is 0.500. The molecule has 1 unspecified atom stereocenters. The van der Waals surface area contributed by atoms with Crippen LogP contribution in [0.15, 0.2) is 18.2 Å². The number of nitrogen functional groups attached to an aromatic ring is 1. The van der Waals surface area contributed by atoms with E-state index >= 15 is 0 Å². The highest BCUT2D eigenvalue weighted by molar-refractivity contribution is 5.55. The smallest absolute Gasteiger partial charge is 0.127 e. The van der Waals surface area contributed by atoms with E-state index in [9.17, 15) is 4.39 Å². The van der Waals surface area contributed by atoms with Crippen molar-refractivity contribution in [2.45, 2.75) is 32.2 Å². The highest BCUT2D eigenvalue weighted by Gasteiger charge is 2.23. The maximum absolute atomic E-state index is 13.0. The summed E-state index contributed by atoms with van der Waals surface area (Å²) in [7, 11) is 0. The number of anilines is 2. The second kappa shape index (κ2) is 4.09. The molecule has 3 heteroatoms. The fourth-order valence-electron chi connectivity index (χ4n) is 1.89. The third-order valence-corrected chi connectivity index (χ3v) is 2.72. The first-order chi connectivity index (χ1) is 7.13. The Bertz CT molecular complexity index is 327. The summed E-state index contributed by atoms with van der Waals surface area (Å²) >= 11 is 0. The topological polar surface area (TPSA) is 38.0 Å². The number of nitrogens with one attached hydrogen (secondary N) is 1. The van der Waals surface area contributed by atoms with Gasteiger partial charge in [-0.25, -0.2) is 4.39 Å². The first-order valence-electron chi connectivity index (χ1n) is 5.46. The molecule has 1 aromatic carbocycles. The molecule has 3 N–H and O–H groups in total. The largest absolute Gasteiger partial charge is 0.399 e. The summed E-state index contributed by atoms with van der Waals surface area (Å²) in [4.78, 5) is 0. The minimum Gasteiger partial charge on any atom is -0.399 e. The molecule has 1 aliphatic rings. The quantitative estimate of drug-likeness (QED) is 0.746. The van der Waals surface area contributed by atoms with Gasteiger partial charge in [0.25, 0.3) is 0 Å². The van der Waals surface area contributed by atoms with Crippen LogP contribution in [0.5, 0.6) is 0 Å². The summed E-state index contributed by atoms with van der Waals surface area (Å²) in [6.45, 7) is 2.12. The van der Waals surface area contributed by atoms with E-state index in [1.54, 1.807) is 6.07 Å². The molecule has 0 spiro atoms. The predicted molar refractivity (Wildman–Crippen MR) is 61.2 cm³/mol. The van der Waals surface area contributed by atoms with E-state index in [4.69, 9.17) is 5.73 Å². The van der Waals surface area contributed by atoms with Gasteiger partial charge in [-0.05, 0) is 37.5 Å². The van der Waals surface area contributed by atoms with Crippen molar-refractivity contribution in [3.8, 4) is 0 Å². The molecule has 0 aromatic heterocycles. The van der Waals surface area contributed by atoms with Gasteiger partial charge in [0.2, 0.25) is 0 Å². The minimum absolute atomic E-state index is 0.281. The van der Waals surface area contributed by atoms with E-state index in [-0.39, 0.29) is 5.82 Å². The molecule has 0 heterocycles. The molecule has 0 aliphatic heterocycles. The van der Waals surface area contributed by atoms with Gasteiger partial charge in [-0.1, -0.05) is 12.8 Å². The van der Waals surface area contributed by atoms with Crippen LogP contribution in [0, 0.1) is 11.7 Å². The van der Waals surface area contributed by atoms with Crippen LogP contribution in [0.1, 0.15) is 26.2 Å². The molecule has 0 radical (unpaired) electrons. The Morgan fingerprint density at radius 2 is 2.20 bits per heavy atom. The molecule has 1 fully saturated rings. The minimum atomic E-state index is -0.281. The van der Waals surface area contributed by atoms with E-state index in [1.807, 2.05) is 0 Å². The van der Waals surface area contributed by atoms with Crippen molar-refractivity contribution in [3.63, 3.8) is 0 Å². The normalized spacial score (nSPS) is 17.5. The second-order valence-electron chi connectivity index (χ2n) is 4.50. The molecule has 0 bridgehead atoms. The second-order valence-corrected chi connectivity index (χ2v) is 4.50. The van der Waals surface area contributed by atoms with Gasteiger partial charge in [0.1, 0.15) is 5.82 Å². The lowest BCUT2D eigenvalue weighted by Crippen LogP contribution is -2.15. The monoisotopic (exact) mass is 208 g/mol. The third-order valence-electron chi connectivity index (χ3n) is 2.72. The first kappa shape index (κ1) is 10.3. The van der Waals surface area contributed by atoms with Crippen molar-refractivity contribution < 1.29 is 4.39 Å². The molecule has 1 saturated carbocycles. The summed E-state index contributed by atoms with van der Waals surface area (Å²) in [6, 6.07) is 4.97. The highest BCUT2D eigenvalue weighted by atomic mass is 19.1. The molecule has 0 amide bonds. The number of hydrogen-bond acceptors (Lipinski definition) is 2. The van der Waals surface area contributed by atoms with Gasteiger partial charge in [0.15, 0.2) is 0 Å². The SMILES string of the molecule is CC(CC1CC1)Nc1cc(N)cc(F)c1. The molecule has 2 rings (SSSR count). The average molecular weight is 208 g/mol. The van der Waals surface area contributed by atoms with E-state index in [0.29, 0.717) is 11.7 Å². The maximum atomic E-state index is 13.0. The maximum Gasteiger partial charge on any atom is 0.127 e. The Balaban J connectivity index is 1.96. The predicted octanol–water partition coefficient (Wildman–Crippen LogP) is 3.01. The molecular weight excluding hydrogens is 191 g/mol. The lowest BCUT2D eigenvalue weighted by atomic mass is 10.1. The Kier molecular flexibility index (Phi) is 2.80. The van der Waals surface area contributed by atoms with Crippen LogP contribution in [0.25, 0.3) is 0 Å². The van der Waals surface area contributed by atoms with E-state index in [0.717, 1.165) is 18.0 Å². The number of benzene rings is 1. The molecule has 1 aromatic rings. The van der Waals surface area contributed by atoms with Crippen molar-refractivity contribution >= 4 is 11.4 Å². The number of rotatable bonds is 4. The Hall–Kier alpha value is -1.25. The van der Waals surface area contributed by atoms with Crippen molar-refractivity contribution in [3.05, 3.63) is 24.0 Å². The Labute approximate surface area is 89.7 Å². The molecule has 2 nitrogen and oxygen atoms in total. The van der Waals surface area contributed by atoms with Crippen LogP contribution >= 0.6 is 0 Å². The average Bonchev–Trinajstić information content (AvgIpc) is 2.85. The molecular formula is C12H17FN2. The number of hydrogen-bond donors (Lipinski definition) is 2. The van der Waals surface area contributed by atoms with Crippen LogP contribution in [0.3, 0.4) is 0 Å². The Morgan fingerprint density at radius 1 is 1.47 bits per heavy atom. The van der Waals surface area contributed by atoms with Crippen molar-refractivity contribution in [2.75, 3.05) is 11.1 Å². The summed E-state index contributed by atoms with van der Waals surface area (Å²) in [5.74, 6) is 0.592. The van der Waals surface area contributed by atoms with Gasteiger partial charge in [-0.15, -0.1) is 0 Å². The van der Waals surface area contributed by atoms with Crippen molar-refractivity contribution in [1.82, 2.24) is 0 Å². The van der Waals surface area contributed by atoms with Crippen LogP contribution in [0.2, 0.25) is 0 Å². The lowest BCUT2D eigenvalue weighted by Gasteiger charge is -2.15. The van der Waals surface area contributed by atoms with E-state index in [2.05, 4.69) is 12.2 Å². The molecule has 1 aliphatic carbocycles. The van der Waals surface area contributed by atoms with Crippen molar-refractivity contribution in [2.24, 2.45) is 5.92 Å². The third kappa shape index (κ3) is 3.11. The number of halogens is 1. The fourth-order valence-corrected chi connectivity index (χ4v) is 1.89. The highest BCUT2D eigenvalue weighted by Crippen LogP contribution is 2.34. The molecule has 82 valence electrons. The van der Waals surface area contributed by atoms with Gasteiger partial charge in [-0.2, -0.15) is 0 Å². The van der Waals surface area contributed by atoms with Crippen LogP contribution in [-0.2, 0) is 0 Å². The summed E-state index contributed by atoms with van der Waals surface area (Å²) in [5.41, 5.74) is 6.82. The zero-order valence-corrected chi connectivity index (χ0v) is 8.96. The van der Waals surface area contributed by atoms with Crippen LogP contribution < -0.4 is 11.1 Å². The zero-order chi connectivity index (χ0) is 10.8. The summed E-state index contributed by atoms with van der Waals surface area (Å²) < 4.78 is 13.0. The van der Waals surface area contributed by atoms with Gasteiger partial charge in [0, 0.05) is 17.4 Å². The van der Waals surface area contributed by atoms with Gasteiger partial charge in [-0.3, -0.25) is 0 Å². The Morgan fingerprint density at radius 3 is 2.80 bits per heavy atom. The van der Waals surface area contributed by atoms with Gasteiger partial charge < -0.3 is 11.1 Å². The summed E-state index contributed by atoms with van der Waals surface area (Å²) in [6.07, 6.45) is 3.85. The first-order valence-corrected chi connectivity index (χ1v) is 5.46.